The van der Waals surface area contributed by atoms with Gasteiger partial charge in [-0.05, 0) is 140 Å². The van der Waals surface area contributed by atoms with Crippen LogP contribution in [-0.4, -0.2) is 39.3 Å². The number of benzene rings is 4. The van der Waals surface area contributed by atoms with Crippen LogP contribution < -0.4 is 15.3 Å². The van der Waals surface area contributed by atoms with Crippen LogP contribution in [0.15, 0.2) is 140 Å². The highest BCUT2D eigenvalue weighted by molar-refractivity contribution is 6.62. The van der Waals surface area contributed by atoms with Gasteiger partial charge in [-0.1, -0.05) is 94.4 Å². The van der Waals surface area contributed by atoms with Crippen LogP contribution in [0.2, 0.25) is 0 Å². The number of carbonyl (C=O) groups is 2. The van der Waals surface area contributed by atoms with Crippen molar-refractivity contribution in [3.8, 4) is 0 Å². The van der Waals surface area contributed by atoms with Crippen LogP contribution in [0.4, 0.5) is 11.4 Å². The monoisotopic (exact) mass is 838 g/mol. The lowest BCUT2D eigenvalue weighted by molar-refractivity contribution is 0.00578. The molecule has 10 rings (SSSR count). The predicted octanol–water partition coefficient (Wildman–Crippen LogP) is 10.9. The van der Waals surface area contributed by atoms with E-state index in [4.69, 9.17) is 9.31 Å². The minimum absolute atomic E-state index is 0.0115. The minimum Gasteiger partial charge on any atom is -0.399 e. The molecule has 0 atom stereocenters. The van der Waals surface area contributed by atoms with Crippen LogP contribution in [0.1, 0.15) is 117 Å². The standard InChI is InChI=1S/C29H32N2O.C25H27BN2O3/c1-28(2)16-24(17-29(3,4)20-28)21-11-13-22(14-12-21)27(32)31-19-25-9-7-15-30(25)18-23-8-5-6-10-26(23)31;1-24(2)25(3,4)31-26(30-24)20-13-11-18(12-14-20)23(29)28-17-21-9-7-15-27(21)16-19-8-5-6-10-22(19)28/h5-16H,17-20H2,1-4H3;5-15H,16-17H2,1-4H3. The van der Waals surface area contributed by atoms with Crippen molar-refractivity contribution in [3.05, 3.63) is 179 Å². The summed E-state index contributed by atoms with van der Waals surface area (Å²) in [6, 6.07) is 40.5. The Balaban J connectivity index is 0.000000160. The molecule has 1 saturated heterocycles. The van der Waals surface area contributed by atoms with Crippen molar-refractivity contribution in [2.75, 3.05) is 9.80 Å². The van der Waals surface area contributed by atoms with Crippen LogP contribution in [0.25, 0.3) is 5.57 Å². The Morgan fingerprint density at radius 3 is 1.48 bits per heavy atom. The van der Waals surface area contributed by atoms with E-state index in [0.717, 1.165) is 58.9 Å². The fraction of sp³-hybridized carbons (Fsp3) is 0.333. The molecule has 3 aliphatic heterocycles. The number of nitrogens with zero attached hydrogens (tertiary/aromatic N) is 4. The molecule has 0 saturated carbocycles. The number of anilines is 2. The Kier molecular flexibility index (Phi) is 10.8. The number of fused-ring (bicyclic) bond motifs is 4. The smallest absolute Gasteiger partial charge is 0.399 e. The molecule has 0 bridgehead atoms. The number of para-hydroxylation sites is 2. The van der Waals surface area contributed by atoms with Gasteiger partial charge in [0.1, 0.15) is 0 Å². The van der Waals surface area contributed by atoms with E-state index < -0.39 is 18.3 Å². The molecule has 6 aromatic rings. The molecule has 0 N–H and O–H groups in total. The summed E-state index contributed by atoms with van der Waals surface area (Å²) in [5, 5.41) is 0. The summed E-state index contributed by atoms with van der Waals surface area (Å²) in [5.74, 6) is 0.0412. The summed E-state index contributed by atoms with van der Waals surface area (Å²) in [4.78, 5) is 31.0. The van der Waals surface area contributed by atoms with Crippen LogP contribution in [-0.2, 0) is 35.5 Å². The Hall–Kier alpha value is -5.90. The molecule has 4 aliphatic rings. The average Bonchev–Trinajstić information content (AvgIpc) is 3.88. The van der Waals surface area contributed by atoms with E-state index in [0.29, 0.717) is 18.7 Å². The topological polar surface area (TPSA) is 68.9 Å². The third-order valence-corrected chi connectivity index (χ3v) is 13.6. The second-order valence-corrected chi connectivity index (χ2v) is 20.3. The molecule has 63 heavy (non-hydrogen) atoms. The zero-order chi connectivity index (χ0) is 44.3. The van der Waals surface area contributed by atoms with E-state index in [1.807, 2.05) is 110 Å². The molecule has 0 radical (unpaired) electrons. The average molecular weight is 839 g/mol. The lowest BCUT2D eigenvalue weighted by atomic mass is 9.66. The second-order valence-electron chi connectivity index (χ2n) is 20.3. The van der Waals surface area contributed by atoms with E-state index in [-0.39, 0.29) is 22.6 Å². The van der Waals surface area contributed by atoms with E-state index in [2.05, 4.69) is 104 Å². The first kappa shape index (κ1) is 42.4. The molecule has 4 aromatic carbocycles. The summed E-state index contributed by atoms with van der Waals surface area (Å²) in [6.07, 6.45) is 8.85. The highest BCUT2D eigenvalue weighted by Gasteiger charge is 2.51. The van der Waals surface area contributed by atoms with E-state index >= 15 is 0 Å². The summed E-state index contributed by atoms with van der Waals surface area (Å²) >= 11 is 0. The van der Waals surface area contributed by atoms with Crippen LogP contribution in [0, 0.1) is 10.8 Å². The number of carbonyl (C=O) groups excluding carboxylic acids is 2. The van der Waals surface area contributed by atoms with Gasteiger partial charge in [-0.3, -0.25) is 9.59 Å². The van der Waals surface area contributed by atoms with Gasteiger partial charge in [0.05, 0.1) is 24.3 Å². The zero-order valence-electron chi connectivity index (χ0n) is 38.0. The highest BCUT2D eigenvalue weighted by Crippen LogP contribution is 2.47. The molecular formula is C54H59BN4O4. The molecule has 2 aromatic heterocycles. The maximum absolute atomic E-state index is 13.6. The molecule has 9 heteroatoms. The van der Waals surface area contributed by atoms with Gasteiger partial charge in [-0.25, -0.2) is 0 Å². The highest BCUT2D eigenvalue weighted by atomic mass is 16.7. The van der Waals surface area contributed by atoms with Gasteiger partial charge in [0.2, 0.25) is 0 Å². The van der Waals surface area contributed by atoms with Gasteiger partial charge in [0, 0.05) is 59.4 Å². The molecule has 2 amide bonds. The third kappa shape index (κ3) is 8.49. The van der Waals surface area contributed by atoms with Crippen molar-refractivity contribution < 1.29 is 18.9 Å². The fourth-order valence-corrected chi connectivity index (χ4v) is 10.0. The largest absolute Gasteiger partial charge is 0.494 e. The van der Waals surface area contributed by atoms with Crippen molar-refractivity contribution >= 4 is 41.3 Å². The van der Waals surface area contributed by atoms with Crippen molar-refractivity contribution in [2.45, 2.75) is 106 Å². The molecule has 0 unspecified atom stereocenters. The number of rotatable bonds is 4. The SMILES string of the molecule is CC1(C)C=C(c2ccc(C(=O)N3Cc4cccn4Cc4ccccc43)cc2)CC(C)(C)C1.CC1(C)OB(c2ccc(C(=O)N3Cc4cccn4Cc4ccccc43)cc2)OC1(C)C. The Bertz CT molecular complexity index is 2690. The number of hydrogen-bond donors (Lipinski definition) is 0. The Morgan fingerprint density at radius 2 is 1.00 bits per heavy atom. The van der Waals surface area contributed by atoms with E-state index in [1.165, 1.54) is 23.1 Å². The van der Waals surface area contributed by atoms with Crippen LogP contribution in [0.5, 0.6) is 0 Å². The first-order valence-electron chi connectivity index (χ1n) is 22.3. The second kappa shape index (κ2) is 16.0. The number of allylic oxidation sites excluding steroid dienone is 2. The van der Waals surface area contributed by atoms with Gasteiger partial charge in [-0.15, -0.1) is 0 Å². The van der Waals surface area contributed by atoms with Crippen molar-refractivity contribution in [1.29, 1.82) is 0 Å². The molecule has 8 nitrogen and oxygen atoms in total. The molecule has 5 heterocycles. The fourth-order valence-electron chi connectivity index (χ4n) is 10.0. The zero-order valence-corrected chi connectivity index (χ0v) is 38.0. The van der Waals surface area contributed by atoms with Crippen LogP contribution >= 0.6 is 0 Å². The summed E-state index contributed by atoms with van der Waals surface area (Å²) in [6.45, 7) is 20.2. The molecule has 1 fully saturated rings. The van der Waals surface area contributed by atoms with Crippen molar-refractivity contribution in [2.24, 2.45) is 10.8 Å². The molecule has 0 spiro atoms. The number of hydrogen-bond acceptors (Lipinski definition) is 4. The van der Waals surface area contributed by atoms with Crippen molar-refractivity contribution in [3.63, 3.8) is 0 Å². The third-order valence-electron chi connectivity index (χ3n) is 13.6. The first-order valence-corrected chi connectivity index (χ1v) is 22.3. The number of aromatic nitrogens is 2. The lowest BCUT2D eigenvalue weighted by Crippen LogP contribution is -2.41. The van der Waals surface area contributed by atoms with Gasteiger partial charge < -0.3 is 28.2 Å². The van der Waals surface area contributed by atoms with Gasteiger partial charge in [0.25, 0.3) is 11.8 Å². The van der Waals surface area contributed by atoms with Crippen molar-refractivity contribution in [1.82, 2.24) is 9.13 Å². The van der Waals surface area contributed by atoms with Gasteiger partial charge in [-0.2, -0.15) is 0 Å². The molecular weight excluding hydrogens is 779 g/mol. The number of amides is 2. The van der Waals surface area contributed by atoms with E-state index in [1.54, 1.807) is 0 Å². The summed E-state index contributed by atoms with van der Waals surface area (Å²) in [7, 11) is -0.434. The Morgan fingerprint density at radius 1 is 0.540 bits per heavy atom. The van der Waals surface area contributed by atoms with Gasteiger partial charge in [0.15, 0.2) is 0 Å². The van der Waals surface area contributed by atoms with Gasteiger partial charge >= 0.3 is 7.12 Å². The normalized spacial score (nSPS) is 18.9. The summed E-state index contributed by atoms with van der Waals surface area (Å²) < 4.78 is 16.7. The molecule has 1 aliphatic carbocycles. The maximum Gasteiger partial charge on any atom is 0.494 e. The quantitative estimate of drug-likeness (QED) is 0.166. The van der Waals surface area contributed by atoms with E-state index in [9.17, 15) is 9.59 Å². The first-order chi connectivity index (χ1) is 30.0. The lowest BCUT2D eigenvalue weighted by Gasteiger charge is -2.39. The summed E-state index contributed by atoms with van der Waals surface area (Å²) in [5.41, 5.74) is 11.2. The predicted molar refractivity (Wildman–Crippen MR) is 254 cm³/mol. The maximum atomic E-state index is 13.6. The Labute approximate surface area is 373 Å². The minimum atomic E-state index is -0.434. The van der Waals surface area contributed by atoms with Crippen LogP contribution in [0.3, 0.4) is 0 Å². The molecule has 322 valence electrons.